The van der Waals surface area contributed by atoms with Gasteiger partial charge >= 0.3 is 6.03 Å². The number of carbonyl (C=O) groups excluding carboxylic acids is 1. The number of furan rings is 1. The van der Waals surface area contributed by atoms with Gasteiger partial charge in [-0.3, -0.25) is 0 Å². The predicted molar refractivity (Wildman–Crippen MR) is 82.9 cm³/mol. The van der Waals surface area contributed by atoms with Gasteiger partial charge in [-0.05, 0) is 18.9 Å². The van der Waals surface area contributed by atoms with E-state index in [-0.39, 0.29) is 12.1 Å². The van der Waals surface area contributed by atoms with Gasteiger partial charge in [-0.1, -0.05) is 0 Å². The van der Waals surface area contributed by atoms with Gasteiger partial charge in [0.15, 0.2) is 5.82 Å². The molecular weight excluding hydrogens is 282 g/mol. The fourth-order valence-electron chi connectivity index (χ4n) is 2.72. The first-order valence-electron chi connectivity index (χ1n) is 7.26. The third-order valence-corrected chi connectivity index (χ3v) is 3.72. The van der Waals surface area contributed by atoms with Crippen molar-refractivity contribution < 1.29 is 9.21 Å². The van der Waals surface area contributed by atoms with E-state index >= 15 is 0 Å². The molecule has 1 atom stereocenters. The van der Waals surface area contributed by atoms with Crippen LogP contribution in [-0.4, -0.2) is 30.1 Å². The number of hydrogen-bond donors (Lipinski definition) is 2. The van der Waals surface area contributed by atoms with Crippen LogP contribution < -0.4 is 15.5 Å². The molecule has 0 saturated carbocycles. The highest BCUT2D eigenvalue weighted by Crippen LogP contribution is 2.30. The summed E-state index contributed by atoms with van der Waals surface area (Å²) in [6, 6.07) is 1.64. The predicted octanol–water partition coefficient (Wildman–Crippen LogP) is 2.33. The number of rotatable bonds is 3. The first-order chi connectivity index (χ1) is 10.6. The Morgan fingerprint density at radius 1 is 1.45 bits per heavy atom. The van der Waals surface area contributed by atoms with Crippen molar-refractivity contribution >= 4 is 17.5 Å². The number of nitrogens with zero attached hydrogens (tertiary/aromatic N) is 3. The number of aromatic nitrogens is 2. The molecule has 0 aromatic carbocycles. The Morgan fingerprint density at radius 3 is 3.14 bits per heavy atom. The minimum atomic E-state index is -0.267. The quantitative estimate of drug-likeness (QED) is 0.909. The first-order valence-corrected chi connectivity index (χ1v) is 7.26. The molecule has 0 radical (unpaired) electrons. The highest BCUT2D eigenvalue weighted by Gasteiger charge is 2.24. The molecule has 0 aliphatic heterocycles. The number of hydrogen-bond acceptors (Lipinski definition) is 5. The van der Waals surface area contributed by atoms with Crippen LogP contribution in [0, 0.1) is 0 Å². The topological polar surface area (TPSA) is 83.3 Å². The molecule has 7 heteroatoms. The second kappa shape index (κ2) is 6.05. The minimum Gasteiger partial charge on any atom is -0.469 e. The number of anilines is 2. The first kappa shape index (κ1) is 14.4. The Hall–Kier alpha value is -2.57. The van der Waals surface area contributed by atoms with Gasteiger partial charge < -0.3 is 20.0 Å². The fraction of sp³-hybridized carbons (Fsp3) is 0.400. The zero-order chi connectivity index (χ0) is 15.5. The third-order valence-electron chi connectivity index (χ3n) is 3.72. The molecule has 7 nitrogen and oxygen atoms in total. The van der Waals surface area contributed by atoms with Crippen LogP contribution in [-0.2, 0) is 6.42 Å². The molecule has 2 N–H and O–H groups in total. The SMILES string of the molecule is CN(C)c1ncncc1NC(=O)N[C@H]1CCCc2occc21. The monoisotopic (exact) mass is 301 g/mol. The number of aryl methyl sites for hydroxylation is 1. The van der Waals surface area contributed by atoms with Gasteiger partial charge in [0.1, 0.15) is 17.8 Å². The molecule has 0 fully saturated rings. The average Bonchev–Trinajstić information content (AvgIpc) is 2.97. The largest absolute Gasteiger partial charge is 0.469 e. The van der Waals surface area contributed by atoms with Gasteiger partial charge in [0, 0.05) is 26.1 Å². The van der Waals surface area contributed by atoms with Crippen molar-refractivity contribution in [2.75, 3.05) is 24.3 Å². The number of carbonyl (C=O) groups is 1. The maximum atomic E-state index is 12.3. The van der Waals surface area contributed by atoms with Crippen molar-refractivity contribution in [2.24, 2.45) is 0 Å². The number of nitrogens with one attached hydrogen (secondary N) is 2. The molecule has 0 unspecified atom stereocenters. The maximum Gasteiger partial charge on any atom is 0.319 e. The van der Waals surface area contributed by atoms with Crippen molar-refractivity contribution in [1.29, 1.82) is 0 Å². The number of urea groups is 1. The molecule has 3 rings (SSSR count). The summed E-state index contributed by atoms with van der Waals surface area (Å²) in [7, 11) is 3.73. The van der Waals surface area contributed by atoms with Gasteiger partial charge in [0.25, 0.3) is 0 Å². The fourth-order valence-corrected chi connectivity index (χ4v) is 2.72. The smallest absolute Gasteiger partial charge is 0.319 e. The molecule has 0 bridgehead atoms. The molecule has 1 aliphatic rings. The van der Waals surface area contributed by atoms with Crippen molar-refractivity contribution in [3.63, 3.8) is 0 Å². The summed E-state index contributed by atoms with van der Waals surface area (Å²) in [5.41, 5.74) is 1.65. The van der Waals surface area contributed by atoms with E-state index in [2.05, 4.69) is 20.6 Å². The summed E-state index contributed by atoms with van der Waals surface area (Å²) < 4.78 is 5.44. The molecule has 2 heterocycles. The second-order valence-electron chi connectivity index (χ2n) is 5.50. The third kappa shape index (κ3) is 2.88. The Balaban J connectivity index is 1.70. The molecule has 2 amide bonds. The summed E-state index contributed by atoms with van der Waals surface area (Å²) in [6.07, 6.45) is 7.56. The van der Waals surface area contributed by atoms with Gasteiger partial charge in [-0.25, -0.2) is 14.8 Å². The molecule has 22 heavy (non-hydrogen) atoms. The molecule has 2 aromatic rings. The summed E-state index contributed by atoms with van der Waals surface area (Å²) in [6.45, 7) is 0. The normalized spacial score (nSPS) is 16.7. The molecule has 116 valence electrons. The lowest BCUT2D eigenvalue weighted by Crippen LogP contribution is -2.34. The highest BCUT2D eigenvalue weighted by molar-refractivity contribution is 5.92. The van der Waals surface area contributed by atoms with E-state index in [4.69, 9.17) is 4.42 Å². The summed E-state index contributed by atoms with van der Waals surface area (Å²) in [5, 5.41) is 5.81. The highest BCUT2D eigenvalue weighted by atomic mass is 16.3. The average molecular weight is 301 g/mol. The molecule has 1 aliphatic carbocycles. The van der Waals surface area contributed by atoms with E-state index in [1.807, 2.05) is 25.1 Å². The number of fused-ring (bicyclic) bond motifs is 1. The Bertz CT molecular complexity index is 667. The Kier molecular flexibility index (Phi) is 3.95. The second-order valence-corrected chi connectivity index (χ2v) is 5.50. The van der Waals surface area contributed by atoms with Gasteiger partial charge in [0.05, 0.1) is 18.5 Å². The van der Waals surface area contributed by atoms with Crippen molar-refractivity contribution in [3.8, 4) is 0 Å². The Morgan fingerprint density at radius 2 is 2.32 bits per heavy atom. The molecule has 0 spiro atoms. The minimum absolute atomic E-state index is 0.0186. The van der Waals surface area contributed by atoms with Crippen LogP contribution in [0.2, 0.25) is 0 Å². The van der Waals surface area contributed by atoms with E-state index in [1.54, 1.807) is 12.5 Å². The molecule has 0 saturated heterocycles. The van der Waals surface area contributed by atoms with Crippen LogP contribution in [0.25, 0.3) is 0 Å². The lowest BCUT2D eigenvalue weighted by molar-refractivity contribution is 0.246. The van der Waals surface area contributed by atoms with E-state index < -0.39 is 0 Å². The van der Waals surface area contributed by atoms with Crippen LogP contribution in [0.15, 0.2) is 29.3 Å². The van der Waals surface area contributed by atoms with Crippen LogP contribution >= 0.6 is 0 Å². The van der Waals surface area contributed by atoms with E-state index in [0.717, 1.165) is 30.6 Å². The van der Waals surface area contributed by atoms with Crippen molar-refractivity contribution in [1.82, 2.24) is 15.3 Å². The summed E-state index contributed by atoms with van der Waals surface area (Å²) in [5.74, 6) is 1.63. The van der Waals surface area contributed by atoms with Gasteiger partial charge in [-0.15, -0.1) is 0 Å². The van der Waals surface area contributed by atoms with E-state index in [9.17, 15) is 4.79 Å². The zero-order valence-corrected chi connectivity index (χ0v) is 12.7. The van der Waals surface area contributed by atoms with Crippen molar-refractivity contribution in [2.45, 2.75) is 25.3 Å². The van der Waals surface area contributed by atoms with E-state index in [0.29, 0.717) is 11.5 Å². The lowest BCUT2D eigenvalue weighted by Gasteiger charge is -2.23. The molecular formula is C15H19N5O2. The van der Waals surface area contributed by atoms with Gasteiger partial charge in [-0.2, -0.15) is 0 Å². The Labute approximate surface area is 128 Å². The summed E-state index contributed by atoms with van der Waals surface area (Å²) in [4.78, 5) is 22.2. The number of amides is 2. The van der Waals surface area contributed by atoms with Crippen LogP contribution in [0.4, 0.5) is 16.3 Å². The van der Waals surface area contributed by atoms with E-state index in [1.165, 1.54) is 6.33 Å². The molecule has 2 aromatic heterocycles. The van der Waals surface area contributed by atoms with Crippen LogP contribution in [0.3, 0.4) is 0 Å². The van der Waals surface area contributed by atoms with Crippen LogP contribution in [0.1, 0.15) is 30.2 Å². The zero-order valence-electron chi connectivity index (χ0n) is 12.7. The lowest BCUT2D eigenvalue weighted by atomic mass is 9.93. The maximum absolute atomic E-state index is 12.3. The van der Waals surface area contributed by atoms with Gasteiger partial charge in [0.2, 0.25) is 0 Å². The van der Waals surface area contributed by atoms with Crippen LogP contribution in [0.5, 0.6) is 0 Å². The standard InChI is InChI=1S/C15H19N5O2/c1-20(2)14-12(8-16-9-17-14)19-15(21)18-11-4-3-5-13-10(11)6-7-22-13/h6-9,11H,3-5H2,1-2H3,(H2,18,19,21)/t11-/m0/s1. The van der Waals surface area contributed by atoms with Crippen molar-refractivity contribution in [3.05, 3.63) is 36.2 Å². The summed E-state index contributed by atoms with van der Waals surface area (Å²) >= 11 is 0.